The minimum atomic E-state index is -1.22. The molecule has 1 fully saturated rings. The van der Waals surface area contributed by atoms with E-state index in [1.165, 1.54) is 0 Å². The predicted molar refractivity (Wildman–Crippen MR) is 116 cm³/mol. The number of fused-ring (bicyclic) bond motifs is 2. The van der Waals surface area contributed by atoms with E-state index in [9.17, 15) is 14.4 Å². The van der Waals surface area contributed by atoms with Crippen LogP contribution in [0.1, 0.15) is 24.0 Å². The number of carbonyl (C=O) groups excluding carboxylic acids is 3. The highest BCUT2D eigenvalue weighted by atomic mass is 35.5. The average molecular weight is 444 g/mol. The largest absolute Gasteiger partial charge is 0.497 e. The summed E-state index contributed by atoms with van der Waals surface area (Å²) in [7, 11) is 1.56. The molecule has 2 aliphatic rings. The number of ether oxygens (including phenoxy) is 1. The minimum absolute atomic E-state index is 0.0657. The van der Waals surface area contributed by atoms with Crippen molar-refractivity contribution in [2.24, 2.45) is 11.7 Å². The molecule has 2 heterocycles. The first-order valence-corrected chi connectivity index (χ1v) is 10.3. The molecule has 2 unspecified atom stereocenters. The summed E-state index contributed by atoms with van der Waals surface area (Å²) >= 11 is 6.39. The third kappa shape index (κ3) is 3.62. The van der Waals surface area contributed by atoms with Crippen molar-refractivity contribution in [3.8, 4) is 5.75 Å². The molecule has 0 saturated carbocycles. The molecule has 8 nitrogen and oxygen atoms in total. The Morgan fingerprint density at radius 2 is 2.03 bits per heavy atom. The molecule has 0 aliphatic carbocycles. The maximum atomic E-state index is 13.4. The van der Waals surface area contributed by atoms with Crippen molar-refractivity contribution in [1.82, 2.24) is 0 Å². The van der Waals surface area contributed by atoms with Gasteiger partial charge in [0.2, 0.25) is 17.4 Å². The molecule has 0 aromatic heterocycles. The number of carbonyl (C=O) groups is 3. The van der Waals surface area contributed by atoms with Crippen molar-refractivity contribution in [2.75, 3.05) is 17.7 Å². The van der Waals surface area contributed by atoms with Crippen LogP contribution in [0.25, 0.3) is 0 Å². The lowest BCUT2D eigenvalue weighted by molar-refractivity contribution is -0.731. The van der Waals surface area contributed by atoms with Gasteiger partial charge >= 0.3 is 0 Å². The predicted octanol–water partition coefficient (Wildman–Crippen LogP) is 1.27. The number of aryl methyl sites for hydroxylation is 1. The summed E-state index contributed by atoms with van der Waals surface area (Å²) < 4.78 is 5.15. The van der Waals surface area contributed by atoms with E-state index in [0.717, 1.165) is 5.56 Å². The number of halogens is 1. The Morgan fingerprint density at radius 1 is 1.32 bits per heavy atom. The van der Waals surface area contributed by atoms with E-state index < -0.39 is 17.4 Å². The van der Waals surface area contributed by atoms with Crippen LogP contribution in [-0.4, -0.2) is 30.9 Å². The molecule has 2 aromatic rings. The number of benzene rings is 2. The number of methoxy groups -OCH3 is 1. The van der Waals surface area contributed by atoms with Crippen molar-refractivity contribution in [3.05, 3.63) is 52.5 Å². The van der Waals surface area contributed by atoms with E-state index in [4.69, 9.17) is 22.1 Å². The Morgan fingerprint density at radius 3 is 2.68 bits per heavy atom. The fourth-order valence-corrected chi connectivity index (χ4v) is 5.03. The van der Waals surface area contributed by atoms with E-state index in [-0.39, 0.29) is 24.3 Å². The highest BCUT2D eigenvalue weighted by Crippen LogP contribution is 2.46. The van der Waals surface area contributed by atoms with E-state index in [2.05, 4.69) is 10.6 Å². The minimum Gasteiger partial charge on any atom is -0.497 e. The fourth-order valence-electron chi connectivity index (χ4n) is 4.71. The molecule has 2 aromatic carbocycles. The molecule has 0 radical (unpaired) electrons. The summed E-state index contributed by atoms with van der Waals surface area (Å²) in [5, 5.41) is 7.96. The zero-order chi connectivity index (χ0) is 22.3. The topological polar surface area (TPSA) is 127 Å². The molecule has 162 valence electrons. The molecule has 3 atom stereocenters. The van der Waals surface area contributed by atoms with Crippen molar-refractivity contribution in [3.63, 3.8) is 0 Å². The van der Waals surface area contributed by atoms with Crippen LogP contribution in [0.3, 0.4) is 0 Å². The molecule has 4 rings (SSSR count). The number of nitrogens with one attached hydrogen (secondary N) is 2. The SMILES string of the molecule is COc1ccc(NC(=O)C2CC(CC(N)=O)[NH2+][C@@]23C(=O)Nc2c(Cl)cc(C)cc23)cc1. The Kier molecular flexibility index (Phi) is 5.36. The molecular weight excluding hydrogens is 420 g/mol. The van der Waals surface area contributed by atoms with Crippen LogP contribution in [0.4, 0.5) is 11.4 Å². The first kappa shape index (κ1) is 21.1. The van der Waals surface area contributed by atoms with Gasteiger partial charge in [-0.15, -0.1) is 0 Å². The van der Waals surface area contributed by atoms with E-state index in [1.54, 1.807) is 42.8 Å². The maximum Gasteiger partial charge on any atom is 0.291 e. The number of rotatable bonds is 5. The van der Waals surface area contributed by atoms with Gasteiger partial charge in [-0.2, -0.15) is 0 Å². The van der Waals surface area contributed by atoms with E-state index in [1.807, 2.05) is 13.0 Å². The summed E-state index contributed by atoms with van der Waals surface area (Å²) in [6.45, 7) is 1.88. The van der Waals surface area contributed by atoms with Crippen LogP contribution in [0.2, 0.25) is 5.02 Å². The first-order valence-electron chi connectivity index (χ1n) is 9.96. The fraction of sp³-hybridized carbons (Fsp3) is 0.318. The van der Waals surface area contributed by atoms with Crippen molar-refractivity contribution in [1.29, 1.82) is 0 Å². The van der Waals surface area contributed by atoms with Gasteiger partial charge in [0.1, 0.15) is 11.7 Å². The number of primary amides is 1. The van der Waals surface area contributed by atoms with Gasteiger partial charge in [-0.25, -0.2) is 0 Å². The van der Waals surface area contributed by atoms with Gasteiger partial charge < -0.3 is 26.4 Å². The van der Waals surface area contributed by atoms with Crippen LogP contribution >= 0.6 is 11.6 Å². The van der Waals surface area contributed by atoms with E-state index >= 15 is 0 Å². The maximum absolute atomic E-state index is 13.4. The monoisotopic (exact) mass is 443 g/mol. The van der Waals surface area contributed by atoms with Gasteiger partial charge in [0, 0.05) is 17.7 Å². The van der Waals surface area contributed by atoms with Gasteiger partial charge in [0.15, 0.2) is 0 Å². The molecular formula is C22H24ClN4O4+. The molecule has 6 N–H and O–H groups in total. The molecule has 0 bridgehead atoms. The van der Waals surface area contributed by atoms with E-state index in [0.29, 0.717) is 34.1 Å². The van der Waals surface area contributed by atoms with Crippen molar-refractivity contribution < 1.29 is 24.4 Å². The van der Waals surface area contributed by atoms with Crippen molar-refractivity contribution in [2.45, 2.75) is 31.3 Å². The summed E-state index contributed by atoms with van der Waals surface area (Å²) in [5.41, 5.74) is 6.82. The zero-order valence-corrected chi connectivity index (χ0v) is 18.0. The number of nitrogens with two attached hydrogens (primary N) is 2. The Balaban J connectivity index is 1.73. The van der Waals surface area contributed by atoms with Gasteiger partial charge in [-0.05, 0) is 48.9 Å². The molecule has 31 heavy (non-hydrogen) atoms. The lowest BCUT2D eigenvalue weighted by Crippen LogP contribution is -2.98. The van der Waals surface area contributed by atoms with Crippen LogP contribution in [0, 0.1) is 12.8 Å². The third-order valence-electron chi connectivity index (χ3n) is 6.02. The lowest BCUT2D eigenvalue weighted by atomic mass is 9.79. The van der Waals surface area contributed by atoms with Crippen molar-refractivity contribution >= 4 is 40.7 Å². The summed E-state index contributed by atoms with van der Waals surface area (Å²) in [6.07, 6.45) is 0.388. The van der Waals surface area contributed by atoms with Crippen LogP contribution in [0.15, 0.2) is 36.4 Å². The number of hydrogen-bond donors (Lipinski definition) is 4. The van der Waals surface area contributed by atoms with Crippen LogP contribution < -0.4 is 26.4 Å². The van der Waals surface area contributed by atoms with Gasteiger partial charge in [0.25, 0.3) is 5.91 Å². The Labute approximate surface area is 184 Å². The second kappa shape index (κ2) is 7.86. The molecule has 1 spiro atoms. The molecule has 1 saturated heterocycles. The third-order valence-corrected chi connectivity index (χ3v) is 6.32. The van der Waals surface area contributed by atoms with Gasteiger partial charge in [0.05, 0.1) is 30.3 Å². The number of amides is 3. The highest BCUT2D eigenvalue weighted by molar-refractivity contribution is 6.35. The summed E-state index contributed by atoms with van der Waals surface area (Å²) in [4.78, 5) is 38.3. The van der Waals surface area contributed by atoms with Crippen LogP contribution in [0.5, 0.6) is 5.75 Å². The lowest BCUT2D eigenvalue weighted by Gasteiger charge is -2.26. The molecule has 9 heteroatoms. The first-order chi connectivity index (χ1) is 14.7. The average Bonchev–Trinajstić information content (AvgIpc) is 3.22. The van der Waals surface area contributed by atoms with Gasteiger partial charge in [-0.1, -0.05) is 11.6 Å². The highest BCUT2D eigenvalue weighted by Gasteiger charge is 2.64. The Hall–Kier alpha value is -3.10. The molecule has 3 amide bonds. The smallest absolute Gasteiger partial charge is 0.291 e. The number of hydrogen-bond acceptors (Lipinski definition) is 4. The zero-order valence-electron chi connectivity index (χ0n) is 17.2. The quantitative estimate of drug-likeness (QED) is 0.554. The second-order valence-corrected chi connectivity index (χ2v) is 8.50. The summed E-state index contributed by atoms with van der Waals surface area (Å²) in [6, 6.07) is 10.3. The van der Waals surface area contributed by atoms with Gasteiger partial charge in [-0.3, -0.25) is 14.4 Å². The Bertz CT molecular complexity index is 1070. The normalized spacial score (nSPS) is 24.0. The summed E-state index contributed by atoms with van der Waals surface area (Å²) in [5.74, 6) is -1.17. The number of anilines is 2. The molecule has 2 aliphatic heterocycles. The van der Waals surface area contributed by atoms with Crippen LogP contribution in [-0.2, 0) is 19.9 Å². The number of quaternary nitrogens is 1. The second-order valence-electron chi connectivity index (χ2n) is 8.10. The standard InChI is InChI=1S/C22H23ClN4O4/c1-11-7-15-19(17(23)8-11)26-21(30)22(15)16(9-13(27-22)10-18(24)28)20(29)25-12-3-5-14(31-2)6-4-12/h3-8,13,16,27H,9-10H2,1-2H3,(H2,24,28)(H,25,29)(H,26,30)/p+1/t13?,16?,22-/m1/s1.